The van der Waals surface area contributed by atoms with Crippen molar-refractivity contribution in [2.75, 3.05) is 13.1 Å². The number of carbonyl (C=O) groups excluding carboxylic acids is 1. The smallest absolute Gasteiger partial charge is 0.314 e. The number of hydrogen-bond donors (Lipinski definition) is 3. The number of hydrogen-bond acceptors (Lipinski definition) is 3. The van der Waals surface area contributed by atoms with Gasteiger partial charge in [0, 0.05) is 19.2 Å². The zero-order valence-corrected chi connectivity index (χ0v) is 12.5. The molecule has 3 N–H and O–H groups in total. The minimum Gasteiger partial charge on any atom is -0.387 e. The van der Waals surface area contributed by atoms with E-state index in [0.717, 1.165) is 11.6 Å². The van der Waals surface area contributed by atoms with Gasteiger partial charge in [-0.05, 0) is 40.4 Å². The van der Waals surface area contributed by atoms with E-state index in [4.69, 9.17) is 0 Å². The van der Waals surface area contributed by atoms with E-state index in [0.29, 0.717) is 5.56 Å². The first-order chi connectivity index (χ1) is 10.6. The van der Waals surface area contributed by atoms with E-state index in [9.17, 15) is 18.7 Å². The molecular weight excluding hydrogens is 310 g/mol. The Morgan fingerprint density at radius 1 is 1.27 bits per heavy atom. The van der Waals surface area contributed by atoms with Crippen LogP contribution in [-0.4, -0.2) is 24.2 Å². The molecule has 1 unspecified atom stereocenters. The minimum atomic E-state index is -0.758. The lowest BCUT2D eigenvalue weighted by molar-refractivity contribution is 0.173. The number of nitrogens with one attached hydrogen (secondary N) is 2. The molecule has 0 fully saturated rings. The summed E-state index contributed by atoms with van der Waals surface area (Å²) in [5.74, 6) is -1.26. The largest absolute Gasteiger partial charge is 0.387 e. The van der Waals surface area contributed by atoms with Crippen molar-refractivity contribution in [1.82, 2.24) is 10.6 Å². The fraction of sp³-hybridized carbons (Fsp3) is 0.267. The van der Waals surface area contributed by atoms with Crippen molar-refractivity contribution >= 4 is 17.4 Å². The molecule has 0 saturated heterocycles. The van der Waals surface area contributed by atoms with Crippen molar-refractivity contribution in [2.45, 2.75) is 12.5 Å². The predicted octanol–water partition coefficient (Wildman–Crippen LogP) is 2.60. The quantitative estimate of drug-likeness (QED) is 0.764. The summed E-state index contributed by atoms with van der Waals surface area (Å²) in [7, 11) is 0. The predicted molar refractivity (Wildman–Crippen MR) is 80.7 cm³/mol. The third kappa shape index (κ3) is 4.78. The van der Waals surface area contributed by atoms with Crippen molar-refractivity contribution in [2.24, 2.45) is 0 Å². The van der Waals surface area contributed by atoms with Gasteiger partial charge in [-0.3, -0.25) is 0 Å². The van der Waals surface area contributed by atoms with E-state index >= 15 is 0 Å². The molecule has 22 heavy (non-hydrogen) atoms. The number of benzene rings is 1. The van der Waals surface area contributed by atoms with Gasteiger partial charge in [0.15, 0.2) is 0 Å². The molecule has 0 spiro atoms. The normalized spacial score (nSPS) is 12.0. The zero-order chi connectivity index (χ0) is 15.9. The van der Waals surface area contributed by atoms with Gasteiger partial charge in [0.05, 0.1) is 6.10 Å². The van der Waals surface area contributed by atoms with E-state index in [2.05, 4.69) is 10.6 Å². The van der Waals surface area contributed by atoms with Crippen molar-refractivity contribution in [3.05, 3.63) is 57.8 Å². The molecule has 1 atom stereocenters. The molecule has 0 aliphatic heterocycles. The van der Waals surface area contributed by atoms with Gasteiger partial charge < -0.3 is 15.7 Å². The highest BCUT2D eigenvalue weighted by Crippen LogP contribution is 2.15. The number of halogens is 2. The summed E-state index contributed by atoms with van der Waals surface area (Å²) in [4.78, 5) is 11.6. The van der Waals surface area contributed by atoms with E-state index < -0.39 is 23.8 Å². The van der Waals surface area contributed by atoms with Gasteiger partial charge in [0.2, 0.25) is 0 Å². The number of aliphatic hydroxyl groups excluding tert-OH is 1. The van der Waals surface area contributed by atoms with Crippen molar-refractivity contribution in [3.8, 4) is 0 Å². The number of urea groups is 1. The Bertz CT molecular complexity index is 620. The molecule has 1 aromatic carbocycles. The molecule has 1 aromatic heterocycles. The van der Waals surface area contributed by atoms with Crippen molar-refractivity contribution in [1.29, 1.82) is 0 Å². The van der Waals surface area contributed by atoms with Gasteiger partial charge in [0.25, 0.3) is 0 Å². The SMILES string of the molecule is O=C(NCCc1ccc(F)cc1F)NCC(O)c1ccsc1. The summed E-state index contributed by atoms with van der Waals surface area (Å²) in [6.45, 7) is 0.302. The third-order valence-electron chi connectivity index (χ3n) is 3.08. The maximum absolute atomic E-state index is 13.4. The van der Waals surface area contributed by atoms with Gasteiger partial charge in [-0.15, -0.1) is 0 Å². The molecule has 0 aliphatic carbocycles. The zero-order valence-electron chi connectivity index (χ0n) is 11.7. The molecular formula is C15H16F2N2O2S. The molecule has 2 aromatic rings. The third-order valence-corrected chi connectivity index (χ3v) is 3.78. The van der Waals surface area contributed by atoms with Gasteiger partial charge >= 0.3 is 6.03 Å². The van der Waals surface area contributed by atoms with E-state index in [1.54, 1.807) is 6.07 Å². The first kappa shape index (κ1) is 16.4. The van der Waals surface area contributed by atoms with Crippen LogP contribution in [-0.2, 0) is 6.42 Å². The van der Waals surface area contributed by atoms with Crippen LogP contribution in [0.5, 0.6) is 0 Å². The van der Waals surface area contributed by atoms with E-state index in [1.165, 1.54) is 23.5 Å². The highest BCUT2D eigenvalue weighted by molar-refractivity contribution is 7.07. The molecule has 0 saturated carbocycles. The Kier molecular flexibility index (Phi) is 5.85. The second-order valence-electron chi connectivity index (χ2n) is 4.70. The van der Waals surface area contributed by atoms with Gasteiger partial charge in [0.1, 0.15) is 11.6 Å². The molecule has 0 aliphatic rings. The van der Waals surface area contributed by atoms with Gasteiger partial charge in [-0.25, -0.2) is 13.6 Å². The Labute approximate surface area is 130 Å². The standard InChI is InChI=1S/C15H16F2N2O2S/c16-12-2-1-10(13(17)7-12)3-5-18-15(21)19-8-14(20)11-4-6-22-9-11/h1-2,4,6-7,9,14,20H,3,5,8H2,(H2,18,19,21). The highest BCUT2D eigenvalue weighted by Gasteiger charge is 2.10. The number of rotatable bonds is 6. The molecule has 0 bridgehead atoms. The monoisotopic (exact) mass is 326 g/mol. The average Bonchev–Trinajstić information content (AvgIpc) is 3.01. The average molecular weight is 326 g/mol. The number of thiophene rings is 1. The Hall–Kier alpha value is -1.99. The number of amides is 2. The van der Waals surface area contributed by atoms with Crippen LogP contribution < -0.4 is 10.6 Å². The molecule has 0 radical (unpaired) electrons. The van der Waals surface area contributed by atoms with E-state index in [1.807, 2.05) is 10.8 Å². The first-order valence-electron chi connectivity index (χ1n) is 6.72. The summed E-state index contributed by atoms with van der Waals surface area (Å²) < 4.78 is 26.1. The lowest BCUT2D eigenvalue weighted by Gasteiger charge is -2.11. The van der Waals surface area contributed by atoms with Crippen molar-refractivity contribution < 1.29 is 18.7 Å². The fourth-order valence-corrected chi connectivity index (χ4v) is 2.58. The molecule has 118 valence electrons. The highest BCUT2D eigenvalue weighted by atomic mass is 32.1. The number of aliphatic hydroxyl groups is 1. The second kappa shape index (κ2) is 7.86. The number of carbonyl (C=O) groups is 1. The minimum absolute atomic E-state index is 0.0908. The van der Waals surface area contributed by atoms with Crippen LogP contribution in [0.25, 0.3) is 0 Å². The fourth-order valence-electron chi connectivity index (χ4n) is 1.87. The van der Waals surface area contributed by atoms with Crippen LogP contribution >= 0.6 is 11.3 Å². The van der Waals surface area contributed by atoms with Gasteiger partial charge in [-0.1, -0.05) is 6.07 Å². The summed E-state index contributed by atoms with van der Waals surface area (Å²) in [5.41, 5.74) is 1.08. The maximum Gasteiger partial charge on any atom is 0.314 e. The van der Waals surface area contributed by atoms with Crippen LogP contribution in [0.3, 0.4) is 0 Å². The lowest BCUT2D eigenvalue weighted by Crippen LogP contribution is -2.38. The summed E-state index contributed by atoms with van der Waals surface area (Å²) in [5, 5.41) is 18.5. The lowest BCUT2D eigenvalue weighted by atomic mass is 10.1. The molecule has 1 heterocycles. The van der Waals surface area contributed by atoms with Crippen LogP contribution in [0.15, 0.2) is 35.0 Å². The summed E-state index contributed by atoms with van der Waals surface area (Å²) >= 11 is 1.47. The second-order valence-corrected chi connectivity index (χ2v) is 5.48. The molecule has 2 rings (SSSR count). The summed E-state index contributed by atoms with van der Waals surface area (Å²) in [6.07, 6.45) is -0.501. The topological polar surface area (TPSA) is 61.4 Å². The Morgan fingerprint density at radius 2 is 2.09 bits per heavy atom. The van der Waals surface area contributed by atoms with Gasteiger partial charge in [-0.2, -0.15) is 11.3 Å². The van der Waals surface area contributed by atoms with Crippen LogP contribution in [0.4, 0.5) is 13.6 Å². The van der Waals surface area contributed by atoms with Crippen LogP contribution in [0.1, 0.15) is 17.2 Å². The molecule has 4 nitrogen and oxygen atoms in total. The first-order valence-corrected chi connectivity index (χ1v) is 7.66. The van der Waals surface area contributed by atoms with Crippen LogP contribution in [0.2, 0.25) is 0 Å². The van der Waals surface area contributed by atoms with E-state index in [-0.39, 0.29) is 19.5 Å². The molecule has 2 amide bonds. The Balaban J connectivity index is 1.69. The van der Waals surface area contributed by atoms with Crippen molar-refractivity contribution in [3.63, 3.8) is 0 Å². The summed E-state index contributed by atoms with van der Waals surface area (Å²) in [6, 6.07) is 4.68. The maximum atomic E-state index is 13.4. The molecule has 7 heteroatoms. The Morgan fingerprint density at radius 3 is 2.77 bits per heavy atom. The van der Waals surface area contributed by atoms with Crippen LogP contribution in [0, 0.1) is 11.6 Å².